The van der Waals surface area contributed by atoms with Gasteiger partial charge < -0.3 is 5.73 Å². The average Bonchev–Trinajstić information content (AvgIpc) is 1.82. The van der Waals surface area contributed by atoms with Crippen LogP contribution >= 0.6 is 0 Å². The summed E-state index contributed by atoms with van der Waals surface area (Å²) in [5.41, 5.74) is 6.82. The fourth-order valence-electron chi connectivity index (χ4n) is 0.482. The minimum atomic E-state index is 0.558. The first kappa shape index (κ1) is 7.95. The molecular weight excluding hydrogens is 112 g/mol. The summed E-state index contributed by atoms with van der Waals surface area (Å²) < 4.78 is 0. The van der Waals surface area contributed by atoms with Crippen molar-refractivity contribution in [3.63, 3.8) is 0 Å². The first-order chi connectivity index (χ1) is 4.22. The summed E-state index contributed by atoms with van der Waals surface area (Å²) in [6.07, 6.45) is 3.55. The second kappa shape index (κ2) is 3.89. The Hall–Kier alpha value is -1.05. The molecule has 0 aliphatic rings. The molecule has 0 radical (unpaired) electrons. The molecule has 0 saturated heterocycles. The topological polar surface area (TPSA) is 38.4 Å². The van der Waals surface area contributed by atoms with Crippen LogP contribution in [0, 0.1) is 0 Å². The zero-order chi connectivity index (χ0) is 7.28. The summed E-state index contributed by atoms with van der Waals surface area (Å²) in [6, 6.07) is 0. The van der Waals surface area contributed by atoms with Crippen LogP contribution in [0.15, 0.2) is 28.9 Å². The molecule has 2 nitrogen and oxygen atoms in total. The maximum absolute atomic E-state index is 5.38. The number of rotatable bonds is 2. The summed E-state index contributed by atoms with van der Waals surface area (Å²) in [5, 5.41) is 0. The Morgan fingerprint density at radius 2 is 2.22 bits per heavy atom. The lowest BCUT2D eigenvalue weighted by Crippen LogP contribution is -1.99. The number of allylic oxidation sites excluding steroid dienone is 2. The Balaban J connectivity index is 4.19. The molecule has 9 heavy (non-hydrogen) atoms. The first-order valence-corrected chi connectivity index (χ1v) is 2.75. The normalized spacial score (nSPS) is 12.4. The number of nitrogens with zero attached hydrogens (tertiary/aromatic N) is 1. The van der Waals surface area contributed by atoms with E-state index in [4.69, 9.17) is 5.73 Å². The van der Waals surface area contributed by atoms with Gasteiger partial charge in [-0.3, -0.25) is 4.99 Å². The summed E-state index contributed by atoms with van der Waals surface area (Å²) in [5.74, 6) is 0. The van der Waals surface area contributed by atoms with Crippen LogP contribution in [0.25, 0.3) is 0 Å². The van der Waals surface area contributed by atoms with Crippen molar-refractivity contribution in [3.05, 3.63) is 23.9 Å². The van der Waals surface area contributed by atoms with Crippen molar-refractivity contribution in [1.82, 2.24) is 0 Å². The molecule has 0 fully saturated rings. The van der Waals surface area contributed by atoms with Crippen LogP contribution in [0.4, 0.5) is 0 Å². The molecule has 0 heterocycles. The van der Waals surface area contributed by atoms with E-state index in [1.165, 1.54) is 0 Å². The molecule has 0 bridgehead atoms. The van der Waals surface area contributed by atoms with E-state index in [9.17, 15) is 0 Å². The van der Waals surface area contributed by atoms with Crippen LogP contribution in [-0.4, -0.2) is 13.3 Å². The van der Waals surface area contributed by atoms with Crippen LogP contribution < -0.4 is 5.73 Å². The molecular formula is C7H12N2. The summed E-state index contributed by atoms with van der Waals surface area (Å²) >= 11 is 0. The molecule has 0 aromatic heterocycles. The van der Waals surface area contributed by atoms with Crippen molar-refractivity contribution >= 4 is 6.21 Å². The van der Waals surface area contributed by atoms with Crippen LogP contribution in [0.5, 0.6) is 0 Å². The number of hydrogen-bond acceptors (Lipinski definition) is 2. The van der Waals surface area contributed by atoms with E-state index in [2.05, 4.69) is 11.6 Å². The van der Waals surface area contributed by atoms with Gasteiger partial charge in [0.1, 0.15) is 0 Å². The van der Waals surface area contributed by atoms with Crippen molar-refractivity contribution < 1.29 is 0 Å². The van der Waals surface area contributed by atoms with Gasteiger partial charge in [0.05, 0.1) is 0 Å². The fourth-order valence-corrected chi connectivity index (χ4v) is 0.482. The zero-order valence-electron chi connectivity index (χ0n) is 5.89. The van der Waals surface area contributed by atoms with E-state index in [1.807, 2.05) is 13.0 Å². The van der Waals surface area contributed by atoms with Gasteiger partial charge in [-0.1, -0.05) is 12.7 Å². The van der Waals surface area contributed by atoms with Gasteiger partial charge >= 0.3 is 0 Å². The fraction of sp³-hybridized carbons (Fsp3) is 0.286. The van der Waals surface area contributed by atoms with Crippen LogP contribution in [0.2, 0.25) is 0 Å². The third-order valence-electron chi connectivity index (χ3n) is 0.950. The van der Waals surface area contributed by atoms with Gasteiger partial charge in [-0.25, -0.2) is 0 Å². The van der Waals surface area contributed by atoms with E-state index in [0.717, 1.165) is 5.57 Å². The molecule has 50 valence electrons. The van der Waals surface area contributed by atoms with E-state index in [-0.39, 0.29) is 0 Å². The molecule has 2 heteroatoms. The molecule has 0 atom stereocenters. The van der Waals surface area contributed by atoms with Crippen molar-refractivity contribution in [1.29, 1.82) is 0 Å². The monoisotopic (exact) mass is 124 g/mol. The lowest BCUT2D eigenvalue weighted by atomic mass is 10.2. The predicted molar refractivity (Wildman–Crippen MR) is 41.5 cm³/mol. The molecule has 0 amide bonds. The lowest BCUT2D eigenvalue weighted by molar-refractivity contribution is 1.37. The van der Waals surface area contributed by atoms with Crippen LogP contribution in [0.3, 0.4) is 0 Å². The minimum absolute atomic E-state index is 0.558. The predicted octanol–water partition coefficient (Wildman–Crippen LogP) is 1.11. The summed E-state index contributed by atoms with van der Waals surface area (Å²) in [7, 11) is 1.70. The Bertz CT molecular complexity index is 154. The summed E-state index contributed by atoms with van der Waals surface area (Å²) in [4.78, 5) is 3.79. The highest BCUT2D eigenvalue weighted by Crippen LogP contribution is 1.95. The van der Waals surface area contributed by atoms with Crippen molar-refractivity contribution in [2.24, 2.45) is 10.7 Å². The van der Waals surface area contributed by atoms with Crippen LogP contribution in [0.1, 0.15) is 6.92 Å². The Morgan fingerprint density at radius 3 is 2.33 bits per heavy atom. The molecule has 2 N–H and O–H groups in total. The van der Waals surface area contributed by atoms with Crippen LogP contribution in [-0.2, 0) is 0 Å². The van der Waals surface area contributed by atoms with Crippen molar-refractivity contribution in [3.8, 4) is 0 Å². The van der Waals surface area contributed by atoms with Crippen molar-refractivity contribution in [2.45, 2.75) is 6.92 Å². The molecule has 0 unspecified atom stereocenters. The third kappa shape index (κ3) is 2.69. The maximum atomic E-state index is 5.38. The van der Waals surface area contributed by atoms with Gasteiger partial charge in [0.25, 0.3) is 0 Å². The van der Waals surface area contributed by atoms with E-state index in [1.54, 1.807) is 13.3 Å². The number of aliphatic imine (C=N–C) groups is 1. The lowest BCUT2D eigenvalue weighted by Gasteiger charge is -1.95. The Kier molecular flexibility index (Phi) is 3.44. The molecule has 0 spiro atoms. The van der Waals surface area contributed by atoms with Gasteiger partial charge in [-0.2, -0.15) is 0 Å². The second-order valence-electron chi connectivity index (χ2n) is 1.66. The quantitative estimate of drug-likeness (QED) is 0.434. The smallest absolute Gasteiger partial charge is 0.0326 e. The largest absolute Gasteiger partial charge is 0.399 e. The third-order valence-corrected chi connectivity index (χ3v) is 0.950. The van der Waals surface area contributed by atoms with Gasteiger partial charge in [-0.15, -0.1) is 0 Å². The Morgan fingerprint density at radius 1 is 1.67 bits per heavy atom. The van der Waals surface area contributed by atoms with Gasteiger partial charge in [-0.05, 0) is 6.92 Å². The molecule has 0 rings (SSSR count). The zero-order valence-corrected chi connectivity index (χ0v) is 5.89. The average molecular weight is 124 g/mol. The Labute approximate surface area is 55.8 Å². The maximum Gasteiger partial charge on any atom is 0.0326 e. The van der Waals surface area contributed by atoms with Gasteiger partial charge in [0.2, 0.25) is 0 Å². The summed E-state index contributed by atoms with van der Waals surface area (Å²) in [6.45, 7) is 5.46. The minimum Gasteiger partial charge on any atom is -0.399 e. The highest BCUT2D eigenvalue weighted by Gasteiger charge is 1.88. The number of hydrogen-bond donors (Lipinski definition) is 1. The highest BCUT2D eigenvalue weighted by molar-refractivity contribution is 5.83. The van der Waals surface area contributed by atoms with E-state index >= 15 is 0 Å². The first-order valence-electron chi connectivity index (χ1n) is 2.75. The van der Waals surface area contributed by atoms with E-state index in [0.29, 0.717) is 5.70 Å². The highest BCUT2D eigenvalue weighted by atomic mass is 14.7. The van der Waals surface area contributed by atoms with Gasteiger partial charge in [0.15, 0.2) is 0 Å². The standard InChI is InChI=1S/C7H12N2/c1-4-7(5-9-3)6(2)8/h4-5H,2,8H2,1,3H3/b7-4+,9-5-. The molecule has 0 aliphatic heterocycles. The van der Waals surface area contributed by atoms with E-state index < -0.39 is 0 Å². The van der Waals surface area contributed by atoms with Gasteiger partial charge in [0, 0.05) is 24.5 Å². The van der Waals surface area contributed by atoms with Crippen molar-refractivity contribution in [2.75, 3.05) is 7.05 Å². The molecule has 0 aliphatic carbocycles. The second-order valence-corrected chi connectivity index (χ2v) is 1.66. The molecule has 0 aromatic carbocycles. The number of nitrogens with two attached hydrogens (primary N) is 1. The molecule has 0 saturated carbocycles. The SMILES string of the molecule is C=C(N)C(/C=N\C)=C/C. The molecule has 0 aromatic rings.